The van der Waals surface area contributed by atoms with Gasteiger partial charge in [0.2, 0.25) is 0 Å². The largest absolute Gasteiger partial charge is 0.494 e. The van der Waals surface area contributed by atoms with Crippen molar-refractivity contribution in [1.29, 1.82) is 0 Å². The number of hydrogen-bond donors (Lipinski definition) is 0. The topological polar surface area (TPSA) is 61.8 Å². The lowest BCUT2D eigenvalue weighted by atomic mass is 10.1. The van der Waals surface area contributed by atoms with Crippen LogP contribution in [0.3, 0.4) is 0 Å². The van der Waals surface area contributed by atoms with Crippen LogP contribution < -0.4 is 0 Å². The van der Waals surface area contributed by atoms with E-state index >= 15 is 0 Å². The van der Waals surface area contributed by atoms with Crippen LogP contribution in [0.2, 0.25) is 0 Å². The molecule has 0 radical (unpaired) electrons. The quantitative estimate of drug-likeness (QED) is 0.636. The first-order valence-electron chi connectivity index (χ1n) is 4.67. The molecular weight excluding hydrogens is 200 g/mol. The Balaban J connectivity index is 2.71. The number of ether oxygens (including phenoxy) is 3. The van der Waals surface area contributed by atoms with Gasteiger partial charge >= 0.3 is 11.9 Å². The average molecular weight is 214 g/mol. The van der Waals surface area contributed by atoms with E-state index < -0.39 is 24.1 Å². The van der Waals surface area contributed by atoms with Gasteiger partial charge in [-0.05, 0) is 13.0 Å². The van der Waals surface area contributed by atoms with Crippen LogP contribution in [0, 0.1) is 0 Å². The second-order valence-electron chi connectivity index (χ2n) is 3.32. The van der Waals surface area contributed by atoms with E-state index in [2.05, 4.69) is 0 Å². The first kappa shape index (κ1) is 11.6. The van der Waals surface area contributed by atoms with Crippen molar-refractivity contribution in [3.05, 3.63) is 12.3 Å². The minimum Gasteiger partial charge on any atom is -0.494 e. The van der Waals surface area contributed by atoms with Crippen LogP contribution in [0.5, 0.6) is 0 Å². The number of hydrogen-bond acceptors (Lipinski definition) is 5. The van der Waals surface area contributed by atoms with E-state index in [0.29, 0.717) is 0 Å². The van der Waals surface area contributed by atoms with Gasteiger partial charge in [-0.1, -0.05) is 0 Å². The zero-order chi connectivity index (χ0) is 11.4. The minimum absolute atomic E-state index is 0.330. The third-order valence-electron chi connectivity index (χ3n) is 1.95. The zero-order valence-corrected chi connectivity index (χ0v) is 8.93. The summed E-state index contributed by atoms with van der Waals surface area (Å²) in [5.41, 5.74) is 0. The summed E-state index contributed by atoms with van der Waals surface area (Å²) < 4.78 is 15.2. The van der Waals surface area contributed by atoms with Crippen LogP contribution in [-0.4, -0.2) is 30.3 Å². The molecule has 0 amide bonds. The SMILES string of the molecule is CC(=O)O[C@@H]1[C@@H](C)OC=C[C@H]1OC(C)=O. The fourth-order valence-corrected chi connectivity index (χ4v) is 1.35. The van der Waals surface area contributed by atoms with Crippen molar-refractivity contribution in [2.24, 2.45) is 0 Å². The molecule has 1 aliphatic heterocycles. The smallest absolute Gasteiger partial charge is 0.303 e. The summed E-state index contributed by atoms with van der Waals surface area (Å²) in [6.45, 7) is 4.35. The van der Waals surface area contributed by atoms with Crippen molar-refractivity contribution in [1.82, 2.24) is 0 Å². The zero-order valence-electron chi connectivity index (χ0n) is 8.93. The molecule has 84 valence electrons. The molecule has 0 aromatic heterocycles. The van der Waals surface area contributed by atoms with E-state index in [-0.39, 0.29) is 6.10 Å². The summed E-state index contributed by atoms with van der Waals surface area (Å²) in [6.07, 6.45) is 1.50. The predicted octanol–water partition coefficient (Wildman–Crippen LogP) is 0.782. The lowest BCUT2D eigenvalue weighted by Gasteiger charge is -2.31. The highest BCUT2D eigenvalue weighted by molar-refractivity contribution is 5.67. The molecule has 0 saturated heterocycles. The maximum Gasteiger partial charge on any atom is 0.303 e. The van der Waals surface area contributed by atoms with Crippen LogP contribution in [0.15, 0.2) is 12.3 Å². The molecule has 15 heavy (non-hydrogen) atoms. The Hall–Kier alpha value is -1.52. The highest BCUT2D eigenvalue weighted by atomic mass is 16.6. The molecular formula is C10H14O5. The molecule has 0 fully saturated rings. The Kier molecular flexibility index (Phi) is 3.71. The van der Waals surface area contributed by atoms with Crippen molar-refractivity contribution in [2.75, 3.05) is 0 Å². The van der Waals surface area contributed by atoms with Gasteiger partial charge < -0.3 is 14.2 Å². The second-order valence-corrected chi connectivity index (χ2v) is 3.32. The molecule has 5 nitrogen and oxygen atoms in total. The van der Waals surface area contributed by atoms with Crippen LogP contribution in [0.25, 0.3) is 0 Å². The Labute approximate surface area is 88.0 Å². The Morgan fingerprint density at radius 3 is 2.33 bits per heavy atom. The van der Waals surface area contributed by atoms with E-state index in [9.17, 15) is 9.59 Å². The summed E-state index contributed by atoms with van der Waals surface area (Å²) in [7, 11) is 0. The average Bonchev–Trinajstić information content (AvgIpc) is 2.09. The predicted molar refractivity (Wildman–Crippen MR) is 50.8 cm³/mol. The molecule has 0 unspecified atom stereocenters. The monoisotopic (exact) mass is 214 g/mol. The third-order valence-corrected chi connectivity index (χ3v) is 1.95. The lowest BCUT2D eigenvalue weighted by Crippen LogP contribution is -2.43. The third kappa shape index (κ3) is 3.27. The van der Waals surface area contributed by atoms with Crippen LogP contribution in [0.4, 0.5) is 0 Å². The molecule has 3 atom stereocenters. The van der Waals surface area contributed by atoms with E-state index in [1.54, 1.807) is 13.0 Å². The Bertz CT molecular complexity index is 284. The van der Waals surface area contributed by atoms with Gasteiger partial charge in [0.25, 0.3) is 0 Å². The fraction of sp³-hybridized carbons (Fsp3) is 0.600. The first-order chi connectivity index (χ1) is 7.00. The molecule has 1 aliphatic rings. The summed E-state index contributed by atoms with van der Waals surface area (Å²) >= 11 is 0. The first-order valence-corrected chi connectivity index (χ1v) is 4.67. The minimum atomic E-state index is -0.587. The Morgan fingerprint density at radius 1 is 1.20 bits per heavy atom. The highest BCUT2D eigenvalue weighted by Crippen LogP contribution is 2.18. The standard InChI is InChI=1S/C10H14O5/c1-6-10(15-8(3)12)9(4-5-13-6)14-7(2)11/h4-6,9-10H,1-3H3/t6-,9-,10-/m1/s1. The van der Waals surface area contributed by atoms with Gasteiger partial charge in [-0.3, -0.25) is 9.59 Å². The summed E-state index contributed by atoms with van der Waals surface area (Å²) in [5, 5.41) is 0. The van der Waals surface area contributed by atoms with Gasteiger partial charge in [-0.2, -0.15) is 0 Å². The second kappa shape index (κ2) is 4.82. The van der Waals surface area contributed by atoms with E-state index in [0.717, 1.165) is 0 Å². The molecule has 0 saturated carbocycles. The fourth-order valence-electron chi connectivity index (χ4n) is 1.35. The van der Waals surface area contributed by atoms with Crippen LogP contribution in [-0.2, 0) is 23.8 Å². The Morgan fingerprint density at radius 2 is 1.80 bits per heavy atom. The highest BCUT2D eigenvalue weighted by Gasteiger charge is 2.34. The summed E-state index contributed by atoms with van der Waals surface area (Å²) in [4.78, 5) is 21.7. The van der Waals surface area contributed by atoms with Crippen molar-refractivity contribution in [2.45, 2.75) is 39.1 Å². The number of carbonyl (C=O) groups is 2. The van der Waals surface area contributed by atoms with Gasteiger partial charge in [0.15, 0.2) is 12.2 Å². The molecule has 0 aliphatic carbocycles. The number of carbonyl (C=O) groups excluding carboxylic acids is 2. The molecule has 0 bridgehead atoms. The normalized spacial score (nSPS) is 29.1. The van der Waals surface area contributed by atoms with Gasteiger partial charge in [-0.15, -0.1) is 0 Å². The van der Waals surface area contributed by atoms with E-state index in [1.165, 1.54) is 20.1 Å². The van der Waals surface area contributed by atoms with Crippen molar-refractivity contribution < 1.29 is 23.8 Å². The van der Waals surface area contributed by atoms with E-state index in [1.807, 2.05) is 0 Å². The van der Waals surface area contributed by atoms with Crippen LogP contribution in [0.1, 0.15) is 20.8 Å². The van der Waals surface area contributed by atoms with Crippen LogP contribution >= 0.6 is 0 Å². The molecule has 0 spiro atoms. The summed E-state index contributed by atoms with van der Waals surface area (Å²) in [6, 6.07) is 0. The van der Waals surface area contributed by atoms with Gasteiger partial charge in [0, 0.05) is 13.8 Å². The van der Waals surface area contributed by atoms with Crippen molar-refractivity contribution in [3.63, 3.8) is 0 Å². The maximum atomic E-state index is 10.8. The molecule has 1 heterocycles. The molecule has 5 heteroatoms. The molecule has 0 aromatic rings. The number of rotatable bonds is 2. The van der Waals surface area contributed by atoms with Crippen molar-refractivity contribution in [3.8, 4) is 0 Å². The maximum absolute atomic E-state index is 10.8. The van der Waals surface area contributed by atoms with Gasteiger partial charge in [0.05, 0.1) is 6.26 Å². The molecule has 0 aromatic carbocycles. The molecule has 1 rings (SSSR count). The number of esters is 2. The van der Waals surface area contributed by atoms with Crippen molar-refractivity contribution >= 4 is 11.9 Å². The van der Waals surface area contributed by atoms with E-state index in [4.69, 9.17) is 14.2 Å². The molecule has 0 N–H and O–H groups in total. The van der Waals surface area contributed by atoms with Gasteiger partial charge in [0.1, 0.15) is 6.10 Å². The summed E-state index contributed by atoms with van der Waals surface area (Å²) in [5.74, 6) is -0.848. The van der Waals surface area contributed by atoms with Gasteiger partial charge in [-0.25, -0.2) is 0 Å². The lowest BCUT2D eigenvalue weighted by molar-refractivity contribution is -0.172.